The van der Waals surface area contributed by atoms with Gasteiger partial charge in [0, 0.05) is 25.7 Å². The van der Waals surface area contributed by atoms with E-state index >= 15 is 0 Å². The second-order valence-corrected chi connectivity index (χ2v) is 5.11. The van der Waals surface area contributed by atoms with Crippen molar-refractivity contribution in [3.05, 3.63) is 33.9 Å². The minimum absolute atomic E-state index is 0.0628. The van der Waals surface area contributed by atoms with E-state index in [2.05, 4.69) is 4.90 Å². The number of β-amino-alcohol motifs (C(OH)–C–C–N with tert-alkyl or cyclic N) is 1. The van der Waals surface area contributed by atoms with Crippen LogP contribution in [0, 0.1) is 10.1 Å². The Morgan fingerprint density at radius 1 is 1.61 bits per heavy atom. The van der Waals surface area contributed by atoms with Gasteiger partial charge in [0.05, 0.1) is 10.5 Å². The average Bonchev–Trinajstić information content (AvgIpc) is 2.57. The molecule has 1 aliphatic rings. The van der Waals surface area contributed by atoms with Crippen LogP contribution in [0.15, 0.2) is 18.2 Å². The molecular weight excluding hydrogens is 234 g/mol. The van der Waals surface area contributed by atoms with Crippen molar-refractivity contribution in [3.8, 4) is 0 Å². The predicted molar refractivity (Wildman–Crippen MR) is 68.0 cm³/mol. The number of benzene rings is 1. The molecule has 0 radical (unpaired) electrons. The first-order valence-corrected chi connectivity index (χ1v) is 5.85. The average molecular weight is 251 g/mol. The summed E-state index contributed by atoms with van der Waals surface area (Å²) in [5.41, 5.74) is 6.06. The molecular formula is C12H17N3O3. The number of nitrogens with two attached hydrogens (primary N) is 1. The normalized spacial score (nSPS) is 24.3. The van der Waals surface area contributed by atoms with E-state index in [1.165, 1.54) is 6.07 Å². The molecule has 18 heavy (non-hydrogen) atoms. The number of likely N-dealkylation sites (tertiary alicyclic amines) is 1. The fourth-order valence-electron chi connectivity index (χ4n) is 2.30. The van der Waals surface area contributed by atoms with Crippen LogP contribution >= 0.6 is 0 Å². The van der Waals surface area contributed by atoms with Crippen LogP contribution in [0.1, 0.15) is 18.9 Å². The largest absolute Gasteiger partial charge is 0.393 e. The number of rotatable bonds is 3. The van der Waals surface area contributed by atoms with Gasteiger partial charge in [-0.2, -0.15) is 0 Å². The second-order valence-electron chi connectivity index (χ2n) is 5.11. The summed E-state index contributed by atoms with van der Waals surface area (Å²) in [4.78, 5) is 12.3. The Morgan fingerprint density at radius 3 is 2.83 bits per heavy atom. The summed E-state index contributed by atoms with van der Waals surface area (Å²) in [7, 11) is 0. The van der Waals surface area contributed by atoms with Gasteiger partial charge in [0.15, 0.2) is 0 Å². The number of anilines is 1. The van der Waals surface area contributed by atoms with Gasteiger partial charge in [0.25, 0.3) is 5.69 Å². The Morgan fingerprint density at radius 2 is 2.33 bits per heavy atom. The van der Waals surface area contributed by atoms with Crippen molar-refractivity contribution < 1.29 is 10.0 Å². The van der Waals surface area contributed by atoms with E-state index in [-0.39, 0.29) is 11.4 Å². The molecule has 98 valence electrons. The third-order valence-corrected chi connectivity index (χ3v) is 3.23. The molecule has 1 saturated heterocycles. The van der Waals surface area contributed by atoms with Gasteiger partial charge in [-0.05, 0) is 25.0 Å². The number of nitrogens with zero attached hydrogens (tertiary/aromatic N) is 2. The Kier molecular flexibility index (Phi) is 3.23. The summed E-state index contributed by atoms with van der Waals surface area (Å²) < 4.78 is 0. The number of hydrogen-bond acceptors (Lipinski definition) is 5. The Bertz CT molecular complexity index is 474. The maximum absolute atomic E-state index is 10.6. The van der Waals surface area contributed by atoms with Gasteiger partial charge >= 0.3 is 0 Å². The van der Waals surface area contributed by atoms with Crippen molar-refractivity contribution in [1.29, 1.82) is 0 Å². The molecule has 1 aromatic rings. The summed E-state index contributed by atoms with van der Waals surface area (Å²) in [5, 5.41) is 20.5. The van der Waals surface area contributed by atoms with Gasteiger partial charge in [-0.3, -0.25) is 15.0 Å². The van der Waals surface area contributed by atoms with Gasteiger partial charge in [-0.15, -0.1) is 0 Å². The summed E-state index contributed by atoms with van der Waals surface area (Å²) in [6.45, 7) is 3.91. The molecule has 1 aromatic carbocycles. The van der Waals surface area contributed by atoms with E-state index < -0.39 is 10.5 Å². The van der Waals surface area contributed by atoms with E-state index in [1.807, 2.05) is 6.92 Å². The van der Waals surface area contributed by atoms with Gasteiger partial charge in [0.1, 0.15) is 5.69 Å². The third kappa shape index (κ3) is 2.77. The van der Waals surface area contributed by atoms with Crippen molar-refractivity contribution in [2.24, 2.45) is 0 Å². The summed E-state index contributed by atoms with van der Waals surface area (Å²) in [6, 6.07) is 4.77. The molecule has 0 spiro atoms. The standard InChI is InChI=1S/C12H17N3O3/c1-12(16)4-5-14(8-12)7-9-2-3-11(15(17)18)10(13)6-9/h2-3,6,16H,4-5,7-8,13H2,1H3. The molecule has 1 atom stereocenters. The van der Waals surface area contributed by atoms with Crippen LogP contribution in [-0.2, 0) is 6.54 Å². The quantitative estimate of drug-likeness (QED) is 0.477. The third-order valence-electron chi connectivity index (χ3n) is 3.23. The maximum Gasteiger partial charge on any atom is 0.292 e. The lowest BCUT2D eigenvalue weighted by molar-refractivity contribution is -0.383. The highest BCUT2D eigenvalue weighted by molar-refractivity contribution is 5.59. The molecule has 1 fully saturated rings. The Labute approximate surface area is 105 Å². The number of hydrogen-bond donors (Lipinski definition) is 2. The van der Waals surface area contributed by atoms with Crippen LogP contribution < -0.4 is 5.73 Å². The highest BCUT2D eigenvalue weighted by Crippen LogP contribution is 2.25. The minimum Gasteiger partial charge on any atom is -0.393 e. The van der Waals surface area contributed by atoms with Crippen LogP contribution in [0.5, 0.6) is 0 Å². The SMILES string of the molecule is CC1(O)CCN(Cc2ccc([N+](=O)[O-])c(N)c2)C1. The predicted octanol–water partition coefficient (Wildman–Crippen LogP) is 1.13. The fraction of sp³-hybridized carbons (Fsp3) is 0.500. The first-order valence-electron chi connectivity index (χ1n) is 5.85. The van der Waals surface area contributed by atoms with E-state index in [9.17, 15) is 15.2 Å². The highest BCUT2D eigenvalue weighted by Gasteiger charge is 2.31. The van der Waals surface area contributed by atoms with Crippen molar-refractivity contribution in [2.75, 3.05) is 18.8 Å². The molecule has 0 aliphatic carbocycles. The monoisotopic (exact) mass is 251 g/mol. The van der Waals surface area contributed by atoms with E-state index in [0.717, 1.165) is 18.5 Å². The molecule has 3 N–H and O–H groups in total. The molecule has 0 bridgehead atoms. The van der Waals surface area contributed by atoms with E-state index in [1.54, 1.807) is 12.1 Å². The molecule has 1 unspecified atom stereocenters. The first kappa shape index (κ1) is 12.8. The number of nitrogen functional groups attached to an aromatic ring is 1. The lowest BCUT2D eigenvalue weighted by atomic mass is 10.1. The van der Waals surface area contributed by atoms with Gasteiger partial charge < -0.3 is 10.8 Å². The zero-order valence-corrected chi connectivity index (χ0v) is 10.3. The maximum atomic E-state index is 10.6. The molecule has 1 heterocycles. The van der Waals surface area contributed by atoms with Crippen LogP contribution in [0.3, 0.4) is 0 Å². The smallest absolute Gasteiger partial charge is 0.292 e. The molecule has 2 rings (SSSR count). The van der Waals surface area contributed by atoms with Crippen molar-refractivity contribution >= 4 is 11.4 Å². The summed E-state index contributed by atoms with van der Waals surface area (Å²) >= 11 is 0. The van der Waals surface area contributed by atoms with E-state index in [0.29, 0.717) is 13.1 Å². The number of aliphatic hydroxyl groups is 1. The zero-order valence-electron chi connectivity index (χ0n) is 10.3. The number of nitro groups is 1. The van der Waals surface area contributed by atoms with Crippen LogP contribution in [0.4, 0.5) is 11.4 Å². The fourth-order valence-corrected chi connectivity index (χ4v) is 2.30. The molecule has 6 nitrogen and oxygen atoms in total. The van der Waals surface area contributed by atoms with E-state index in [4.69, 9.17) is 5.73 Å². The Hall–Kier alpha value is -1.66. The summed E-state index contributed by atoms with van der Waals surface area (Å²) in [5.74, 6) is 0. The van der Waals surface area contributed by atoms with Crippen LogP contribution in [0.2, 0.25) is 0 Å². The Balaban J connectivity index is 2.07. The number of nitro benzene ring substituents is 1. The molecule has 1 aliphatic heterocycles. The van der Waals surface area contributed by atoms with Crippen molar-refractivity contribution in [2.45, 2.75) is 25.5 Å². The van der Waals surface area contributed by atoms with Gasteiger partial charge in [-0.25, -0.2) is 0 Å². The zero-order chi connectivity index (χ0) is 13.3. The lowest BCUT2D eigenvalue weighted by Crippen LogP contribution is -2.29. The summed E-state index contributed by atoms with van der Waals surface area (Å²) in [6.07, 6.45) is 0.745. The highest BCUT2D eigenvalue weighted by atomic mass is 16.6. The molecule has 0 amide bonds. The molecule has 0 aromatic heterocycles. The van der Waals surface area contributed by atoms with Gasteiger partial charge in [0.2, 0.25) is 0 Å². The van der Waals surface area contributed by atoms with Crippen LogP contribution in [-0.4, -0.2) is 33.6 Å². The second kappa shape index (κ2) is 4.55. The molecule has 0 saturated carbocycles. The van der Waals surface area contributed by atoms with Crippen molar-refractivity contribution in [1.82, 2.24) is 4.90 Å². The van der Waals surface area contributed by atoms with Crippen LogP contribution in [0.25, 0.3) is 0 Å². The van der Waals surface area contributed by atoms with Gasteiger partial charge in [-0.1, -0.05) is 6.07 Å². The topological polar surface area (TPSA) is 92.6 Å². The lowest BCUT2D eigenvalue weighted by Gasteiger charge is -2.18. The van der Waals surface area contributed by atoms with Crippen molar-refractivity contribution in [3.63, 3.8) is 0 Å². The first-order chi connectivity index (χ1) is 8.37. The minimum atomic E-state index is -0.633. The molecule has 6 heteroatoms.